The molecule has 1 unspecified atom stereocenters. The van der Waals surface area contributed by atoms with Gasteiger partial charge in [-0.2, -0.15) is 0 Å². The Hall–Kier alpha value is -2.21. The highest BCUT2D eigenvalue weighted by Gasteiger charge is 2.23. The maximum Gasteiger partial charge on any atom is 0.137 e. The fraction of sp³-hybridized carbons (Fsp3) is 0.200. The Bertz CT molecular complexity index is 960. The predicted octanol–water partition coefficient (Wildman–Crippen LogP) is 7.54. The highest BCUT2D eigenvalue weighted by molar-refractivity contribution is 7.99. The summed E-state index contributed by atoms with van der Waals surface area (Å²) in [6, 6.07) is 23.0. The summed E-state index contributed by atoms with van der Waals surface area (Å²) in [4.78, 5) is 1.68. The molecule has 0 nitrogen and oxygen atoms in total. The molecule has 3 aromatic rings. The number of hydrogen-bond acceptors (Lipinski definition) is 1. The average molecular weight is 409 g/mol. The molecule has 3 heteroatoms. The standard InChI is InChI=1S/C25H22ClFS/c1-3-25(2,20-12-14-21(26)15-13-20)17-7-8-19-11-16-23(27)24(18-19)28-22-9-5-4-6-10-22/h1,4-6,9-16,18H,7-8,17H2,2H3. The van der Waals surface area contributed by atoms with Gasteiger partial charge in [0.15, 0.2) is 0 Å². The van der Waals surface area contributed by atoms with Crippen LogP contribution in [0.3, 0.4) is 0 Å². The zero-order chi connectivity index (χ0) is 20.0. The Morgan fingerprint density at radius 3 is 2.43 bits per heavy atom. The van der Waals surface area contributed by atoms with Gasteiger partial charge in [0.25, 0.3) is 0 Å². The molecule has 0 heterocycles. The quantitative estimate of drug-likeness (QED) is 0.364. The minimum Gasteiger partial charge on any atom is -0.206 e. The van der Waals surface area contributed by atoms with Gasteiger partial charge in [0, 0.05) is 14.8 Å². The Balaban J connectivity index is 1.66. The molecule has 0 amide bonds. The molecule has 142 valence electrons. The van der Waals surface area contributed by atoms with Crippen molar-refractivity contribution >= 4 is 23.4 Å². The molecular formula is C25H22ClFS. The molecule has 0 aliphatic carbocycles. The van der Waals surface area contributed by atoms with Gasteiger partial charge in [-0.1, -0.05) is 65.7 Å². The summed E-state index contributed by atoms with van der Waals surface area (Å²) in [7, 11) is 0. The summed E-state index contributed by atoms with van der Waals surface area (Å²) >= 11 is 7.44. The largest absolute Gasteiger partial charge is 0.206 e. The van der Waals surface area contributed by atoms with E-state index >= 15 is 0 Å². The van der Waals surface area contributed by atoms with E-state index in [2.05, 4.69) is 12.8 Å². The molecule has 0 aliphatic rings. The van der Waals surface area contributed by atoms with Crippen molar-refractivity contribution in [1.29, 1.82) is 0 Å². The van der Waals surface area contributed by atoms with Crippen LogP contribution in [0.15, 0.2) is 82.6 Å². The lowest BCUT2D eigenvalue weighted by atomic mass is 9.79. The van der Waals surface area contributed by atoms with Crippen LogP contribution in [-0.4, -0.2) is 0 Å². The Morgan fingerprint density at radius 2 is 1.75 bits per heavy atom. The summed E-state index contributed by atoms with van der Waals surface area (Å²) < 4.78 is 14.2. The fourth-order valence-corrected chi connectivity index (χ4v) is 4.21. The van der Waals surface area contributed by atoms with Crippen molar-refractivity contribution in [2.75, 3.05) is 0 Å². The number of benzene rings is 3. The van der Waals surface area contributed by atoms with E-state index in [4.69, 9.17) is 18.0 Å². The van der Waals surface area contributed by atoms with Crippen molar-refractivity contribution < 1.29 is 4.39 Å². The van der Waals surface area contributed by atoms with E-state index in [0.29, 0.717) is 9.92 Å². The maximum atomic E-state index is 14.2. The second-order valence-corrected chi connectivity index (χ2v) is 8.57. The van der Waals surface area contributed by atoms with E-state index in [-0.39, 0.29) is 11.2 Å². The zero-order valence-corrected chi connectivity index (χ0v) is 17.4. The van der Waals surface area contributed by atoms with Crippen LogP contribution in [0.1, 0.15) is 30.9 Å². The van der Waals surface area contributed by atoms with E-state index in [0.717, 1.165) is 35.3 Å². The molecule has 0 saturated carbocycles. The smallest absolute Gasteiger partial charge is 0.137 e. The van der Waals surface area contributed by atoms with Crippen LogP contribution >= 0.6 is 23.4 Å². The topological polar surface area (TPSA) is 0 Å². The molecule has 1 atom stereocenters. The Labute approximate surface area is 176 Å². The minimum atomic E-state index is -0.341. The summed E-state index contributed by atoms with van der Waals surface area (Å²) in [5.41, 5.74) is 1.88. The number of halogens is 2. The molecule has 0 radical (unpaired) electrons. The van der Waals surface area contributed by atoms with Gasteiger partial charge in [0.1, 0.15) is 5.82 Å². The summed E-state index contributed by atoms with van der Waals surface area (Å²) in [6.07, 6.45) is 8.48. The molecule has 0 saturated heterocycles. The van der Waals surface area contributed by atoms with E-state index in [1.165, 1.54) is 11.8 Å². The lowest BCUT2D eigenvalue weighted by Crippen LogP contribution is -2.19. The Morgan fingerprint density at radius 1 is 1.04 bits per heavy atom. The van der Waals surface area contributed by atoms with Crippen molar-refractivity contribution in [3.8, 4) is 12.3 Å². The average Bonchev–Trinajstić information content (AvgIpc) is 2.71. The summed E-state index contributed by atoms with van der Waals surface area (Å²) in [5, 5.41) is 0.706. The molecule has 0 N–H and O–H groups in total. The van der Waals surface area contributed by atoms with Crippen LogP contribution in [0.4, 0.5) is 4.39 Å². The van der Waals surface area contributed by atoms with Crippen molar-refractivity contribution in [2.24, 2.45) is 0 Å². The third kappa shape index (κ3) is 5.19. The molecule has 28 heavy (non-hydrogen) atoms. The number of rotatable bonds is 7. The van der Waals surface area contributed by atoms with Gasteiger partial charge in [-0.15, -0.1) is 6.42 Å². The van der Waals surface area contributed by atoms with Crippen LogP contribution in [0.2, 0.25) is 5.02 Å². The number of aryl methyl sites for hydroxylation is 1. The second kappa shape index (κ2) is 9.32. The normalized spacial score (nSPS) is 12.9. The van der Waals surface area contributed by atoms with Crippen molar-refractivity contribution in [3.63, 3.8) is 0 Å². The summed E-state index contributed by atoms with van der Waals surface area (Å²) in [6.45, 7) is 2.08. The van der Waals surface area contributed by atoms with Crippen LogP contribution < -0.4 is 0 Å². The van der Waals surface area contributed by atoms with Crippen LogP contribution in [-0.2, 0) is 11.8 Å². The van der Waals surface area contributed by atoms with Gasteiger partial charge >= 0.3 is 0 Å². The second-order valence-electron chi connectivity index (χ2n) is 7.02. The molecule has 0 aromatic heterocycles. The fourth-order valence-electron chi connectivity index (χ4n) is 3.16. The Kier molecular flexibility index (Phi) is 6.83. The van der Waals surface area contributed by atoms with E-state index in [1.54, 1.807) is 6.07 Å². The third-order valence-corrected chi connectivity index (χ3v) is 6.20. The molecule has 0 fully saturated rings. The highest BCUT2D eigenvalue weighted by Crippen LogP contribution is 2.32. The first kappa shape index (κ1) is 20.5. The molecule has 0 spiro atoms. The van der Waals surface area contributed by atoms with Crippen molar-refractivity contribution in [1.82, 2.24) is 0 Å². The van der Waals surface area contributed by atoms with Crippen molar-refractivity contribution in [2.45, 2.75) is 41.4 Å². The van der Waals surface area contributed by atoms with Crippen molar-refractivity contribution in [3.05, 3.63) is 94.8 Å². The SMILES string of the molecule is C#CC(C)(CCCc1ccc(F)c(Sc2ccccc2)c1)c1ccc(Cl)cc1. The van der Waals surface area contributed by atoms with Crippen LogP contribution in [0.5, 0.6) is 0 Å². The van der Waals surface area contributed by atoms with Crippen LogP contribution in [0, 0.1) is 18.2 Å². The number of terminal acetylenes is 1. The van der Waals surface area contributed by atoms with Gasteiger partial charge in [-0.3, -0.25) is 0 Å². The molecule has 3 aromatic carbocycles. The number of hydrogen-bond donors (Lipinski definition) is 0. The summed E-state index contributed by atoms with van der Waals surface area (Å²) in [5.74, 6) is 2.76. The van der Waals surface area contributed by atoms with Gasteiger partial charge in [0.05, 0.1) is 5.41 Å². The van der Waals surface area contributed by atoms with Gasteiger partial charge in [0.2, 0.25) is 0 Å². The van der Waals surface area contributed by atoms with Gasteiger partial charge < -0.3 is 0 Å². The lowest BCUT2D eigenvalue weighted by Gasteiger charge is -2.24. The molecular weight excluding hydrogens is 387 g/mol. The zero-order valence-electron chi connectivity index (χ0n) is 15.8. The first-order valence-electron chi connectivity index (χ1n) is 9.25. The van der Waals surface area contributed by atoms with Crippen LogP contribution in [0.25, 0.3) is 0 Å². The molecule has 3 rings (SSSR count). The van der Waals surface area contributed by atoms with Gasteiger partial charge in [-0.05, 0) is 73.7 Å². The van der Waals surface area contributed by atoms with E-state index in [9.17, 15) is 4.39 Å². The maximum absolute atomic E-state index is 14.2. The van der Waals surface area contributed by atoms with E-state index < -0.39 is 0 Å². The predicted molar refractivity (Wildman–Crippen MR) is 118 cm³/mol. The highest BCUT2D eigenvalue weighted by atomic mass is 35.5. The molecule has 0 aliphatic heterocycles. The lowest BCUT2D eigenvalue weighted by molar-refractivity contribution is 0.532. The first-order chi connectivity index (χ1) is 13.5. The molecule has 0 bridgehead atoms. The van der Waals surface area contributed by atoms with Gasteiger partial charge in [-0.25, -0.2) is 4.39 Å². The minimum absolute atomic E-state index is 0.188. The first-order valence-corrected chi connectivity index (χ1v) is 10.4. The third-order valence-electron chi connectivity index (χ3n) is 4.91. The monoisotopic (exact) mass is 408 g/mol. The van der Waals surface area contributed by atoms with E-state index in [1.807, 2.05) is 66.7 Å².